The molecule has 0 saturated heterocycles. The van der Waals surface area contributed by atoms with Gasteiger partial charge in [0, 0.05) is 18.0 Å². The molecule has 0 saturated carbocycles. The highest BCUT2D eigenvalue weighted by Gasteiger charge is 2.20. The minimum Gasteiger partial charge on any atom is -0.418 e. The highest BCUT2D eigenvalue weighted by molar-refractivity contribution is 6.18. The number of carbonyl (C=O) groups excluding carboxylic acids is 1. The third-order valence-corrected chi connectivity index (χ3v) is 1.86. The summed E-state index contributed by atoms with van der Waals surface area (Å²) < 4.78 is 4.89. The van der Waals surface area contributed by atoms with Crippen LogP contribution in [0.15, 0.2) is 12.3 Å². The van der Waals surface area contributed by atoms with Crippen LogP contribution in [0.3, 0.4) is 0 Å². The topological polar surface area (TPSA) is 29.5 Å². The molecule has 0 radical (unpaired) electrons. The first-order chi connectivity index (χ1) is 6.50. The molecule has 0 aromatic heterocycles. The van der Waals surface area contributed by atoms with Gasteiger partial charge in [-0.25, -0.2) is 4.79 Å². The van der Waals surface area contributed by atoms with Crippen molar-refractivity contribution in [2.24, 2.45) is 0 Å². The maximum absolute atomic E-state index is 11.5. The van der Waals surface area contributed by atoms with Crippen LogP contribution >= 0.6 is 11.6 Å². The van der Waals surface area contributed by atoms with Crippen molar-refractivity contribution < 1.29 is 9.53 Å². The Morgan fingerprint density at radius 1 is 1.36 bits per heavy atom. The molecular formula is C10H18ClNO2. The Morgan fingerprint density at radius 3 is 2.21 bits per heavy atom. The van der Waals surface area contributed by atoms with E-state index in [0.717, 1.165) is 0 Å². The number of hydrogen-bond donors (Lipinski definition) is 0. The number of rotatable bonds is 4. The molecule has 3 nitrogen and oxygen atoms in total. The van der Waals surface area contributed by atoms with Crippen molar-refractivity contribution in [2.45, 2.75) is 39.8 Å². The first-order valence-electron chi connectivity index (χ1n) is 4.70. The quantitative estimate of drug-likeness (QED) is 0.538. The van der Waals surface area contributed by atoms with Gasteiger partial charge in [0.15, 0.2) is 0 Å². The van der Waals surface area contributed by atoms with Crippen molar-refractivity contribution in [1.82, 2.24) is 4.90 Å². The number of hydrogen-bond acceptors (Lipinski definition) is 2. The highest BCUT2D eigenvalue weighted by atomic mass is 35.5. The number of amides is 1. The van der Waals surface area contributed by atoms with Crippen molar-refractivity contribution in [3.63, 3.8) is 0 Å². The van der Waals surface area contributed by atoms with E-state index in [1.165, 1.54) is 6.26 Å². The Bertz CT molecular complexity index is 194. The second kappa shape index (κ2) is 6.71. The molecule has 0 atom stereocenters. The van der Waals surface area contributed by atoms with E-state index in [4.69, 9.17) is 16.3 Å². The lowest BCUT2D eigenvalue weighted by molar-refractivity contribution is 0.109. The van der Waals surface area contributed by atoms with E-state index in [2.05, 4.69) is 0 Å². The summed E-state index contributed by atoms with van der Waals surface area (Å²) in [5.41, 5.74) is 0. The fourth-order valence-electron chi connectivity index (χ4n) is 1.22. The van der Waals surface area contributed by atoms with Gasteiger partial charge in [0.1, 0.15) is 0 Å². The molecule has 0 aliphatic carbocycles. The van der Waals surface area contributed by atoms with Gasteiger partial charge in [0.2, 0.25) is 0 Å². The predicted molar refractivity (Wildman–Crippen MR) is 58.5 cm³/mol. The first-order valence-corrected chi connectivity index (χ1v) is 5.24. The fourth-order valence-corrected chi connectivity index (χ4v) is 1.29. The lowest BCUT2D eigenvalue weighted by Crippen LogP contribution is -2.41. The van der Waals surface area contributed by atoms with Crippen molar-refractivity contribution in [3.8, 4) is 0 Å². The maximum atomic E-state index is 11.5. The predicted octanol–water partition coefficient (Wildman–Crippen LogP) is 2.99. The Balaban J connectivity index is 4.23. The summed E-state index contributed by atoms with van der Waals surface area (Å²) in [6.07, 6.45) is 2.57. The molecule has 4 heteroatoms. The second-order valence-electron chi connectivity index (χ2n) is 3.50. The van der Waals surface area contributed by atoms with Crippen LogP contribution in [0.5, 0.6) is 0 Å². The maximum Gasteiger partial charge on any atom is 0.415 e. The molecular weight excluding hydrogens is 202 g/mol. The molecule has 0 bridgehead atoms. The van der Waals surface area contributed by atoms with Crippen LogP contribution in [-0.4, -0.2) is 29.0 Å². The second-order valence-corrected chi connectivity index (χ2v) is 3.81. The molecule has 0 N–H and O–H groups in total. The molecule has 0 unspecified atom stereocenters. The fraction of sp³-hybridized carbons (Fsp3) is 0.700. The van der Waals surface area contributed by atoms with Crippen molar-refractivity contribution >= 4 is 17.7 Å². The average molecular weight is 220 g/mol. The molecule has 0 heterocycles. The summed E-state index contributed by atoms with van der Waals surface area (Å²) in [4.78, 5) is 13.2. The summed E-state index contributed by atoms with van der Waals surface area (Å²) >= 11 is 5.40. The standard InChI is InChI=1S/C10H18ClNO2/c1-8(2)12(9(3)4)10(13)14-7-5-6-11/h5,7-9H,6H2,1-4H3/b7-5-. The third-order valence-electron chi connectivity index (χ3n) is 1.68. The van der Waals surface area contributed by atoms with Crippen molar-refractivity contribution in [1.29, 1.82) is 0 Å². The minimum atomic E-state index is -0.337. The van der Waals surface area contributed by atoms with Gasteiger partial charge in [-0.2, -0.15) is 0 Å². The summed E-state index contributed by atoms with van der Waals surface area (Å²) in [5.74, 6) is 0.344. The van der Waals surface area contributed by atoms with Gasteiger partial charge >= 0.3 is 6.09 Å². The zero-order valence-corrected chi connectivity index (χ0v) is 9.91. The third kappa shape index (κ3) is 4.51. The van der Waals surface area contributed by atoms with E-state index in [0.29, 0.717) is 5.88 Å². The number of ether oxygens (including phenoxy) is 1. The monoisotopic (exact) mass is 219 g/mol. The molecule has 1 amide bonds. The number of nitrogens with zero attached hydrogens (tertiary/aromatic N) is 1. The number of allylic oxidation sites excluding steroid dienone is 1. The van der Waals surface area contributed by atoms with E-state index in [1.54, 1.807) is 11.0 Å². The van der Waals surface area contributed by atoms with Crippen LogP contribution in [0.2, 0.25) is 0 Å². The Hall–Kier alpha value is -0.700. The largest absolute Gasteiger partial charge is 0.418 e. The summed E-state index contributed by atoms with van der Waals surface area (Å²) in [5, 5.41) is 0. The first kappa shape index (κ1) is 13.3. The van der Waals surface area contributed by atoms with E-state index in [-0.39, 0.29) is 18.2 Å². The minimum absolute atomic E-state index is 0.131. The van der Waals surface area contributed by atoms with Gasteiger partial charge in [0.25, 0.3) is 0 Å². The van der Waals surface area contributed by atoms with Gasteiger partial charge < -0.3 is 9.64 Å². The van der Waals surface area contributed by atoms with Crippen molar-refractivity contribution in [3.05, 3.63) is 12.3 Å². The number of alkyl halides is 1. The molecule has 0 rings (SSSR count). The molecule has 14 heavy (non-hydrogen) atoms. The Kier molecular flexibility index (Phi) is 6.37. The summed E-state index contributed by atoms with van der Waals surface area (Å²) in [6, 6.07) is 0.263. The van der Waals surface area contributed by atoms with E-state index in [1.807, 2.05) is 27.7 Å². The lowest BCUT2D eigenvalue weighted by Gasteiger charge is -2.28. The van der Waals surface area contributed by atoms with Gasteiger partial charge in [0.05, 0.1) is 6.26 Å². The Morgan fingerprint density at radius 2 is 1.86 bits per heavy atom. The van der Waals surface area contributed by atoms with E-state index < -0.39 is 0 Å². The van der Waals surface area contributed by atoms with Gasteiger partial charge in [-0.05, 0) is 33.8 Å². The van der Waals surface area contributed by atoms with Crippen molar-refractivity contribution in [2.75, 3.05) is 5.88 Å². The molecule has 0 fully saturated rings. The smallest absolute Gasteiger partial charge is 0.415 e. The molecule has 0 aromatic carbocycles. The van der Waals surface area contributed by atoms with E-state index >= 15 is 0 Å². The molecule has 0 aromatic rings. The van der Waals surface area contributed by atoms with Crippen LogP contribution in [0.4, 0.5) is 4.79 Å². The summed E-state index contributed by atoms with van der Waals surface area (Å²) in [7, 11) is 0. The lowest BCUT2D eigenvalue weighted by atomic mass is 10.2. The summed E-state index contributed by atoms with van der Waals surface area (Å²) in [6.45, 7) is 7.80. The zero-order valence-electron chi connectivity index (χ0n) is 9.16. The Labute approximate surface area is 90.7 Å². The number of carbonyl (C=O) groups is 1. The van der Waals surface area contributed by atoms with Crippen LogP contribution < -0.4 is 0 Å². The SMILES string of the molecule is CC(C)N(C(=O)O/C=C\CCl)C(C)C. The molecule has 0 aliphatic rings. The van der Waals surface area contributed by atoms with Gasteiger partial charge in [-0.1, -0.05) is 0 Å². The van der Waals surface area contributed by atoms with Gasteiger partial charge in [-0.15, -0.1) is 11.6 Å². The van der Waals surface area contributed by atoms with Crippen LogP contribution in [0, 0.1) is 0 Å². The normalized spacial score (nSPS) is 11.4. The average Bonchev–Trinajstić information content (AvgIpc) is 2.03. The van der Waals surface area contributed by atoms with E-state index in [9.17, 15) is 4.79 Å². The zero-order chi connectivity index (χ0) is 11.1. The molecule has 0 spiro atoms. The van der Waals surface area contributed by atoms with Gasteiger partial charge in [-0.3, -0.25) is 0 Å². The molecule has 82 valence electrons. The highest BCUT2D eigenvalue weighted by Crippen LogP contribution is 2.07. The van der Waals surface area contributed by atoms with Crippen LogP contribution in [0.1, 0.15) is 27.7 Å². The molecule has 0 aliphatic heterocycles. The van der Waals surface area contributed by atoms with Crippen LogP contribution in [0.25, 0.3) is 0 Å². The number of halogens is 1. The van der Waals surface area contributed by atoms with Crippen LogP contribution in [-0.2, 0) is 4.74 Å².